The van der Waals surface area contributed by atoms with E-state index in [0.29, 0.717) is 77.8 Å². The molecule has 5 fully saturated rings. The Hall–Kier alpha value is -8.46. The lowest BCUT2D eigenvalue weighted by molar-refractivity contribution is -0.137. The van der Waals surface area contributed by atoms with Crippen LogP contribution in [0.4, 0.5) is 17.2 Å². The van der Waals surface area contributed by atoms with Crippen LogP contribution in [0.1, 0.15) is 105 Å². The summed E-state index contributed by atoms with van der Waals surface area (Å²) in [6.07, 6.45) is 12.2. The number of carbonyl (C=O) groups excluding carboxylic acids is 2. The molecule has 1 amide bonds. The monoisotopic (exact) mass is 1160 g/mol. The molecule has 1 aliphatic carbocycles. The smallest absolute Gasteiger partial charge is 0.319 e. The van der Waals surface area contributed by atoms with Gasteiger partial charge in [-0.05, 0) is 103 Å². The molecule has 7 aromatic rings. The third-order valence-electron chi connectivity index (χ3n) is 17.3. The Morgan fingerprint density at radius 1 is 1.01 bits per heavy atom. The zero-order chi connectivity index (χ0) is 60.2. The maximum Gasteiger partial charge on any atom is 0.319 e. The van der Waals surface area contributed by atoms with E-state index in [1.165, 1.54) is 19.1 Å². The Bertz CT molecular complexity index is 3640. The van der Waals surface area contributed by atoms with Crippen LogP contribution < -0.4 is 36.1 Å². The Balaban J connectivity index is 0.00000184. The summed E-state index contributed by atoms with van der Waals surface area (Å²) in [6, 6.07) is 23.5. The van der Waals surface area contributed by atoms with Gasteiger partial charge in [-0.3, -0.25) is 23.9 Å². The summed E-state index contributed by atoms with van der Waals surface area (Å²) in [5, 5.41) is 40.1. The number of piperazine rings is 1. The first-order valence-corrected chi connectivity index (χ1v) is 30.3. The quantitative estimate of drug-likeness (QED) is 0.0223. The minimum absolute atomic E-state index is 0.109. The highest BCUT2D eigenvalue weighted by atomic mass is 16.5. The van der Waals surface area contributed by atoms with Crippen molar-refractivity contribution in [1.29, 1.82) is 5.41 Å². The van der Waals surface area contributed by atoms with Gasteiger partial charge < -0.3 is 56.2 Å². The van der Waals surface area contributed by atoms with E-state index in [0.717, 1.165) is 101 Å². The molecular formula is C66H80N14O6. The first-order valence-electron chi connectivity index (χ1n) is 30.3. The molecule has 0 spiro atoms. The molecule has 2 bridgehead atoms. The lowest BCUT2D eigenvalue weighted by Gasteiger charge is -2.31. The molecule has 4 aromatic carbocycles. The summed E-state index contributed by atoms with van der Waals surface area (Å²) in [5.41, 5.74) is 17.2. The standard InChI is InChI=1S/C62H72N14O6.C4H8/c1-7-75-55(18-21-69-75)40-12-10-39(11-13-40)53(30-65-5)68-29-43-26-44(78)32-74(43)61(79)58(36(2)3)76-33-50(54(34-77)72-76)46-14-9-38(24-52(46)66-6)35-81-59-47(56-37(4)8-17-51(64)49(56)27-63)15-16-48-57(59)70-62(82-45-19-22-80-23-20-45)71-60(48)73-31-41-25-42(73)28-67-41;1-4-2-3-4/h8-18,21,24,27,30,33-34,36,41-45,58,63,66-68,78H,5,7,19-20,22-23,25-26,28-29,31-32,35,64H2,1-4,6H3;4H,2-3H2,1H3/b53-30-,63-27?;. The van der Waals surface area contributed by atoms with Gasteiger partial charge in [0.05, 0.1) is 36.8 Å². The van der Waals surface area contributed by atoms with Crippen molar-refractivity contribution in [3.63, 3.8) is 0 Å². The number of hydrogen-bond acceptors (Lipinski definition) is 17. The largest absolute Gasteiger partial charge is 0.486 e. The molecule has 4 saturated heterocycles. The molecule has 20 nitrogen and oxygen atoms in total. The number of likely N-dealkylation sites (tertiary alicyclic amines) is 1. The summed E-state index contributed by atoms with van der Waals surface area (Å²) in [5.74, 6) is 1.92. The van der Waals surface area contributed by atoms with Gasteiger partial charge in [0.1, 0.15) is 35.8 Å². The van der Waals surface area contributed by atoms with Crippen LogP contribution in [0, 0.1) is 24.2 Å². The zero-order valence-corrected chi connectivity index (χ0v) is 50.1. The van der Waals surface area contributed by atoms with Gasteiger partial charge in [-0.2, -0.15) is 20.2 Å². The van der Waals surface area contributed by atoms with E-state index in [-0.39, 0.29) is 54.9 Å². The summed E-state index contributed by atoms with van der Waals surface area (Å²) in [7, 11) is 1.81. The molecule has 1 saturated carbocycles. The molecule has 450 valence electrons. The molecule has 0 radical (unpaired) electrons. The maximum atomic E-state index is 14.9. The van der Waals surface area contributed by atoms with E-state index in [1.54, 1.807) is 28.2 Å². The highest BCUT2D eigenvalue weighted by Gasteiger charge is 2.41. The van der Waals surface area contributed by atoms with Crippen molar-refractivity contribution in [3.8, 4) is 45.3 Å². The number of anilines is 3. The Labute approximate surface area is 502 Å². The number of amides is 1. The number of nitrogens with one attached hydrogen (secondary N) is 4. The van der Waals surface area contributed by atoms with Gasteiger partial charge in [-0.1, -0.05) is 76.1 Å². The van der Waals surface area contributed by atoms with Gasteiger partial charge in [-0.25, -0.2) is 0 Å². The van der Waals surface area contributed by atoms with Crippen LogP contribution >= 0.6 is 0 Å². The number of rotatable bonds is 21. The van der Waals surface area contributed by atoms with Crippen molar-refractivity contribution in [2.45, 2.75) is 123 Å². The fourth-order valence-corrected chi connectivity index (χ4v) is 12.5. The fourth-order valence-electron chi connectivity index (χ4n) is 12.5. The van der Waals surface area contributed by atoms with E-state index in [9.17, 15) is 14.7 Å². The third-order valence-corrected chi connectivity index (χ3v) is 17.3. The summed E-state index contributed by atoms with van der Waals surface area (Å²) in [4.78, 5) is 46.3. The van der Waals surface area contributed by atoms with Crippen LogP contribution in [-0.4, -0.2) is 141 Å². The number of nitrogen functional groups attached to an aromatic ring is 1. The number of aryl methyl sites for hydroxylation is 2. The van der Waals surface area contributed by atoms with E-state index in [2.05, 4.69) is 51.5 Å². The Morgan fingerprint density at radius 3 is 2.47 bits per heavy atom. The topological polar surface area (TPSA) is 248 Å². The molecule has 86 heavy (non-hydrogen) atoms. The Morgan fingerprint density at radius 2 is 1.79 bits per heavy atom. The fraction of sp³-hybridized carbons (Fsp3) is 0.424. The number of nitrogens with zero attached hydrogens (tertiary/aromatic N) is 9. The Kier molecular flexibility index (Phi) is 17.9. The SMILES string of the molecule is C=N/C=C(\NCC1CC(O)CN1C(=O)C(C(C)C)n1cc(-c2ccc(COc3c(-c4c(C)ccc(N)c4C=N)ccc4c(N5CC6CC5CN6)nc(OC5CCOCC5)nc34)cc2NC)c(C=O)n1)c1ccc(-c2ccnn2CC)cc1.CC1CC1. The second-order valence-electron chi connectivity index (χ2n) is 23.7. The van der Waals surface area contributed by atoms with Crippen molar-refractivity contribution in [2.24, 2.45) is 16.8 Å². The zero-order valence-electron chi connectivity index (χ0n) is 50.1. The number of β-amino-alcohol motifs (C(OH)–C–C–N with tert-alkyl or cyclic N) is 1. The summed E-state index contributed by atoms with van der Waals surface area (Å²) >= 11 is 0. The van der Waals surface area contributed by atoms with Gasteiger partial charge >= 0.3 is 6.01 Å². The predicted octanol–water partition coefficient (Wildman–Crippen LogP) is 9.34. The molecule has 7 N–H and O–H groups in total. The highest BCUT2D eigenvalue weighted by molar-refractivity contribution is 6.03. The number of aliphatic hydroxyl groups excluding tert-OH is 1. The maximum absolute atomic E-state index is 14.9. The number of hydrogen-bond donors (Lipinski definition) is 6. The molecule has 7 heterocycles. The van der Waals surface area contributed by atoms with Crippen LogP contribution in [0.3, 0.4) is 0 Å². The first-order chi connectivity index (χ1) is 41.8. The third kappa shape index (κ3) is 12.5. The number of aliphatic imine (C=N–C) groups is 1. The summed E-state index contributed by atoms with van der Waals surface area (Å²) in [6.45, 7) is 18.1. The average Bonchev–Trinajstić information content (AvgIpc) is 1.41. The second-order valence-corrected chi connectivity index (χ2v) is 23.7. The minimum atomic E-state index is -0.796. The van der Waals surface area contributed by atoms with Gasteiger partial charge in [-0.15, -0.1) is 0 Å². The van der Waals surface area contributed by atoms with E-state index < -0.39 is 12.1 Å². The number of aliphatic hydroxyl groups is 1. The molecule has 4 aliphatic heterocycles. The molecule has 5 unspecified atom stereocenters. The molecule has 5 atom stereocenters. The predicted molar refractivity (Wildman–Crippen MR) is 338 cm³/mol. The number of aromatic nitrogens is 6. The number of nitrogens with two attached hydrogens (primary N) is 1. The van der Waals surface area contributed by atoms with Crippen LogP contribution in [-0.2, 0) is 22.7 Å². The highest BCUT2D eigenvalue weighted by Crippen LogP contribution is 2.45. The number of ether oxygens (including phenoxy) is 3. The van der Waals surface area contributed by atoms with E-state index >= 15 is 0 Å². The molecule has 3 aromatic heterocycles. The van der Waals surface area contributed by atoms with Crippen LogP contribution in [0.15, 0.2) is 96.4 Å². The summed E-state index contributed by atoms with van der Waals surface area (Å²) < 4.78 is 22.8. The number of carbonyl (C=O) groups is 2. The van der Waals surface area contributed by atoms with E-state index in [1.807, 2.05) is 105 Å². The molecular weight excluding hydrogens is 1080 g/mol. The van der Waals surface area contributed by atoms with E-state index in [4.69, 9.17) is 40.4 Å². The van der Waals surface area contributed by atoms with Crippen LogP contribution in [0.25, 0.3) is 50.1 Å². The van der Waals surface area contributed by atoms with Crippen molar-refractivity contribution in [2.75, 3.05) is 62.4 Å². The molecule has 20 heteroatoms. The van der Waals surface area contributed by atoms with Crippen LogP contribution in [0.5, 0.6) is 11.8 Å². The number of aldehydes is 1. The second kappa shape index (κ2) is 26.0. The first kappa shape index (κ1) is 59.3. The average molecular weight is 1170 g/mol. The van der Waals surface area contributed by atoms with Crippen molar-refractivity contribution >= 4 is 58.9 Å². The number of benzene rings is 4. The van der Waals surface area contributed by atoms with Crippen molar-refractivity contribution in [1.82, 2.24) is 45.1 Å². The molecule has 12 rings (SSSR count). The lowest BCUT2D eigenvalue weighted by atomic mass is 9.92. The van der Waals surface area contributed by atoms with Gasteiger partial charge in [0, 0.05) is 129 Å². The van der Waals surface area contributed by atoms with Crippen LogP contribution in [0.2, 0.25) is 0 Å². The number of fused-ring (bicyclic) bond motifs is 3. The lowest BCUT2D eigenvalue weighted by Crippen LogP contribution is -2.46. The minimum Gasteiger partial charge on any atom is -0.486 e. The van der Waals surface area contributed by atoms with Crippen molar-refractivity contribution < 1.29 is 28.9 Å². The van der Waals surface area contributed by atoms with Crippen molar-refractivity contribution in [3.05, 3.63) is 119 Å². The molecule has 5 aliphatic rings. The van der Waals surface area contributed by atoms with Gasteiger partial charge in [0.15, 0.2) is 12.0 Å². The van der Waals surface area contributed by atoms with Gasteiger partial charge in [0.2, 0.25) is 5.91 Å². The normalized spacial score (nSPS) is 19.8. The van der Waals surface area contributed by atoms with Gasteiger partial charge in [0.25, 0.3) is 0 Å².